The summed E-state index contributed by atoms with van der Waals surface area (Å²) in [6.45, 7) is 3.25. The molecule has 2 amide bonds. The van der Waals surface area contributed by atoms with Gasteiger partial charge in [-0.15, -0.1) is 0 Å². The zero-order valence-corrected chi connectivity index (χ0v) is 9.69. The average molecular weight is 225 g/mol. The number of hydrogen-bond donors (Lipinski definition) is 1. The van der Waals surface area contributed by atoms with Crippen LogP contribution in [-0.2, 0) is 9.59 Å². The summed E-state index contributed by atoms with van der Waals surface area (Å²) in [5.41, 5.74) is 5.47. The predicted octanol–water partition coefficient (Wildman–Crippen LogP) is -0.728. The van der Waals surface area contributed by atoms with Crippen LogP contribution in [0, 0.1) is 11.8 Å². The van der Waals surface area contributed by atoms with Crippen molar-refractivity contribution in [2.75, 3.05) is 33.2 Å². The summed E-state index contributed by atoms with van der Waals surface area (Å²) in [4.78, 5) is 27.1. The van der Waals surface area contributed by atoms with E-state index in [1.807, 2.05) is 0 Å². The topological polar surface area (TPSA) is 66.6 Å². The molecular weight excluding hydrogens is 206 g/mol. The quantitative estimate of drug-likeness (QED) is 0.643. The summed E-state index contributed by atoms with van der Waals surface area (Å²) in [7, 11) is 1.59. The number of imide groups is 1. The van der Waals surface area contributed by atoms with Crippen LogP contribution in [0.2, 0.25) is 0 Å². The number of fused-ring (bicyclic) bond motifs is 1. The van der Waals surface area contributed by atoms with Gasteiger partial charge in [0.25, 0.3) is 0 Å². The Morgan fingerprint density at radius 2 is 2.00 bits per heavy atom. The Labute approximate surface area is 95.6 Å². The minimum absolute atomic E-state index is 0.00699. The van der Waals surface area contributed by atoms with Gasteiger partial charge in [-0.2, -0.15) is 0 Å². The molecule has 0 aliphatic carbocycles. The summed E-state index contributed by atoms with van der Waals surface area (Å²) >= 11 is 0. The van der Waals surface area contributed by atoms with Crippen LogP contribution < -0.4 is 5.73 Å². The molecule has 2 aliphatic heterocycles. The molecule has 16 heavy (non-hydrogen) atoms. The first kappa shape index (κ1) is 11.5. The molecule has 0 aromatic carbocycles. The number of likely N-dealkylation sites (tertiary alicyclic amines) is 2. The molecule has 0 saturated carbocycles. The molecule has 2 N–H and O–H groups in total. The van der Waals surface area contributed by atoms with E-state index in [9.17, 15) is 9.59 Å². The number of nitrogens with zero attached hydrogens (tertiary/aromatic N) is 2. The monoisotopic (exact) mass is 225 g/mol. The van der Waals surface area contributed by atoms with E-state index in [0.29, 0.717) is 6.54 Å². The summed E-state index contributed by atoms with van der Waals surface area (Å²) in [5, 5.41) is 0. The van der Waals surface area contributed by atoms with Gasteiger partial charge in [0.1, 0.15) is 0 Å². The molecule has 0 spiro atoms. The van der Waals surface area contributed by atoms with Crippen molar-refractivity contribution in [1.82, 2.24) is 9.80 Å². The molecule has 0 aromatic heterocycles. The normalized spacial score (nSPS) is 31.0. The Morgan fingerprint density at radius 1 is 1.31 bits per heavy atom. The van der Waals surface area contributed by atoms with Crippen molar-refractivity contribution < 1.29 is 9.59 Å². The maximum atomic E-state index is 11.8. The number of rotatable bonds is 3. The van der Waals surface area contributed by atoms with Crippen LogP contribution in [0.25, 0.3) is 0 Å². The molecule has 2 heterocycles. The standard InChI is InChI=1S/C11H19N3O2/c1-13-10(15)8-3-6-14(5-2-4-12)7-9(8)11(13)16/h8-9H,2-7,12H2,1H3/t8-,9+/m1/s1. The lowest BCUT2D eigenvalue weighted by atomic mass is 9.88. The Kier molecular flexibility index (Phi) is 3.25. The van der Waals surface area contributed by atoms with Gasteiger partial charge >= 0.3 is 0 Å². The minimum atomic E-state index is -0.107. The van der Waals surface area contributed by atoms with E-state index in [2.05, 4.69) is 4.90 Å². The fourth-order valence-electron chi connectivity index (χ4n) is 2.69. The smallest absolute Gasteiger partial charge is 0.234 e. The van der Waals surface area contributed by atoms with E-state index in [4.69, 9.17) is 5.73 Å². The first-order chi connectivity index (χ1) is 7.65. The number of carbonyl (C=O) groups is 2. The van der Waals surface area contributed by atoms with E-state index in [-0.39, 0.29) is 23.7 Å². The van der Waals surface area contributed by atoms with Crippen molar-refractivity contribution in [3.63, 3.8) is 0 Å². The van der Waals surface area contributed by atoms with Crippen molar-refractivity contribution in [1.29, 1.82) is 0 Å². The van der Waals surface area contributed by atoms with Crippen LogP contribution in [0.1, 0.15) is 12.8 Å². The van der Waals surface area contributed by atoms with Crippen LogP contribution in [0.15, 0.2) is 0 Å². The van der Waals surface area contributed by atoms with Gasteiger partial charge in [-0.05, 0) is 32.5 Å². The molecule has 0 bridgehead atoms. The van der Waals surface area contributed by atoms with Gasteiger partial charge in [-0.1, -0.05) is 0 Å². The van der Waals surface area contributed by atoms with E-state index in [1.165, 1.54) is 4.90 Å². The van der Waals surface area contributed by atoms with Gasteiger partial charge in [0.15, 0.2) is 0 Å². The largest absolute Gasteiger partial charge is 0.330 e. The lowest BCUT2D eigenvalue weighted by Crippen LogP contribution is -2.42. The van der Waals surface area contributed by atoms with Gasteiger partial charge in [0.05, 0.1) is 11.8 Å². The Hall–Kier alpha value is -0.940. The van der Waals surface area contributed by atoms with E-state index < -0.39 is 0 Å². The first-order valence-electron chi connectivity index (χ1n) is 5.89. The summed E-state index contributed by atoms with van der Waals surface area (Å²) in [6, 6.07) is 0. The fraction of sp³-hybridized carbons (Fsp3) is 0.818. The summed E-state index contributed by atoms with van der Waals surface area (Å²) < 4.78 is 0. The third-order valence-electron chi connectivity index (χ3n) is 3.67. The highest BCUT2D eigenvalue weighted by molar-refractivity contribution is 6.05. The lowest BCUT2D eigenvalue weighted by molar-refractivity contribution is -0.138. The zero-order valence-electron chi connectivity index (χ0n) is 9.69. The molecule has 90 valence electrons. The van der Waals surface area contributed by atoms with E-state index in [0.717, 1.165) is 32.5 Å². The molecule has 0 radical (unpaired) electrons. The van der Waals surface area contributed by atoms with Gasteiger partial charge in [-0.25, -0.2) is 0 Å². The molecule has 2 fully saturated rings. The van der Waals surface area contributed by atoms with E-state index in [1.54, 1.807) is 7.05 Å². The number of carbonyl (C=O) groups excluding carboxylic acids is 2. The fourth-order valence-corrected chi connectivity index (χ4v) is 2.69. The van der Waals surface area contributed by atoms with Gasteiger partial charge in [-0.3, -0.25) is 14.5 Å². The van der Waals surface area contributed by atoms with Crippen LogP contribution >= 0.6 is 0 Å². The van der Waals surface area contributed by atoms with Gasteiger partial charge in [0.2, 0.25) is 11.8 Å². The first-order valence-corrected chi connectivity index (χ1v) is 5.89. The third kappa shape index (κ3) is 1.85. The van der Waals surface area contributed by atoms with Gasteiger partial charge in [0, 0.05) is 13.6 Å². The molecule has 2 saturated heterocycles. The maximum Gasteiger partial charge on any atom is 0.234 e. The molecule has 5 nitrogen and oxygen atoms in total. The number of amides is 2. The molecule has 2 rings (SSSR count). The maximum absolute atomic E-state index is 11.8. The molecule has 2 atom stereocenters. The van der Waals surface area contributed by atoms with Crippen LogP contribution in [0.4, 0.5) is 0 Å². The van der Waals surface area contributed by atoms with Crippen molar-refractivity contribution in [2.45, 2.75) is 12.8 Å². The Bertz CT molecular complexity index is 306. The highest BCUT2D eigenvalue weighted by Crippen LogP contribution is 2.32. The highest BCUT2D eigenvalue weighted by atomic mass is 16.2. The zero-order chi connectivity index (χ0) is 11.7. The van der Waals surface area contributed by atoms with Crippen molar-refractivity contribution in [3.8, 4) is 0 Å². The van der Waals surface area contributed by atoms with Crippen LogP contribution in [0.5, 0.6) is 0 Å². The van der Waals surface area contributed by atoms with Crippen molar-refractivity contribution >= 4 is 11.8 Å². The Balaban J connectivity index is 1.99. The number of piperidine rings is 1. The minimum Gasteiger partial charge on any atom is -0.330 e. The number of nitrogens with two attached hydrogens (primary N) is 1. The highest BCUT2D eigenvalue weighted by Gasteiger charge is 2.47. The average Bonchev–Trinajstić information content (AvgIpc) is 2.52. The lowest BCUT2D eigenvalue weighted by Gasteiger charge is -2.32. The molecule has 5 heteroatoms. The summed E-state index contributed by atoms with van der Waals surface area (Å²) in [5.74, 6) is -0.170. The SMILES string of the molecule is CN1C(=O)[C@H]2CN(CCCN)CC[C@H]2C1=O. The Morgan fingerprint density at radius 3 is 2.69 bits per heavy atom. The van der Waals surface area contributed by atoms with E-state index >= 15 is 0 Å². The molecular formula is C11H19N3O2. The van der Waals surface area contributed by atoms with Crippen LogP contribution in [0.3, 0.4) is 0 Å². The summed E-state index contributed by atoms with van der Waals surface area (Å²) in [6.07, 6.45) is 1.76. The van der Waals surface area contributed by atoms with Gasteiger partial charge < -0.3 is 10.6 Å². The number of hydrogen-bond acceptors (Lipinski definition) is 4. The second kappa shape index (κ2) is 4.51. The molecule has 0 aromatic rings. The van der Waals surface area contributed by atoms with Crippen molar-refractivity contribution in [2.24, 2.45) is 17.6 Å². The molecule has 0 unspecified atom stereocenters. The van der Waals surface area contributed by atoms with Crippen molar-refractivity contribution in [3.05, 3.63) is 0 Å². The third-order valence-corrected chi connectivity index (χ3v) is 3.67. The molecule has 2 aliphatic rings. The second-order valence-electron chi connectivity index (χ2n) is 4.68. The predicted molar refractivity (Wildman–Crippen MR) is 59.5 cm³/mol. The van der Waals surface area contributed by atoms with Crippen LogP contribution in [-0.4, -0.2) is 54.8 Å². The second-order valence-corrected chi connectivity index (χ2v) is 4.68.